The van der Waals surface area contributed by atoms with Crippen LogP contribution in [0.3, 0.4) is 0 Å². The Morgan fingerprint density at radius 3 is 2.39 bits per heavy atom. The van der Waals surface area contributed by atoms with Crippen molar-refractivity contribution in [2.24, 2.45) is 0 Å². The van der Waals surface area contributed by atoms with E-state index in [1.165, 1.54) is 24.3 Å². The van der Waals surface area contributed by atoms with Gasteiger partial charge in [0.1, 0.15) is 12.2 Å². The summed E-state index contributed by atoms with van der Waals surface area (Å²) in [6.45, 7) is 0.487. The zero-order chi connectivity index (χ0) is 13.4. The number of nitrogens with zero attached hydrogens (tertiary/aromatic N) is 1. The van der Waals surface area contributed by atoms with Crippen molar-refractivity contribution >= 4 is 11.8 Å². The fourth-order valence-corrected chi connectivity index (χ4v) is 1.22. The van der Waals surface area contributed by atoms with Gasteiger partial charge in [-0.1, -0.05) is 0 Å². The Kier molecular flexibility index (Phi) is 5.32. The number of rotatable bonds is 5. The molecule has 0 saturated carbocycles. The van der Waals surface area contributed by atoms with E-state index in [4.69, 9.17) is 5.26 Å². The third-order valence-electron chi connectivity index (χ3n) is 2.08. The Morgan fingerprint density at radius 1 is 1.17 bits per heavy atom. The molecule has 0 spiro atoms. The maximum absolute atomic E-state index is 12.6. The predicted molar refractivity (Wildman–Crippen MR) is 62.0 cm³/mol. The zero-order valence-corrected chi connectivity index (χ0v) is 9.57. The Hall–Kier alpha value is -2.42. The largest absolute Gasteiger partial charge is 0.353 e. The number of carbonyl (C=O) groups excluding carboxylic acids is 2. The lowest BCUT2D eigenvalue weighted by molar-refractivity contribution is -0.120. The number of benzene rings is 1. The van der Waals surface area contributed by atoms with Crippen LogP contribution in [0, 0.1) is 17.1 Å². The van der Waals surface area contributed by atoms with E-state index in [9.17, 15) is 14.0 Å². The summed E-state index contributed by atoms with van der Waals surface area (Å²) in [5, 5.41) is 13.3. The molecule has 1 aromatic rings. The van der Waals surface area contributed by atoms with E-state index in [0.717, 1.165) is 0 Å². The third-order valence-corrected chi connectivity index (χ3v) is 2.08. The van der Waals surface area contributed by atoms with Gasteiger partial charge in [-0.2, -0.15) is 5.26 Å². The number of halogens is 1. The maximum Gasteiger partial charge on any atom is 0.251 e. The lowest BCUT2D eigenvalue weighted by atomic mass is 10.2. The van der Waals surface area contributed by atoms with Crippen molar-refractivity contribution in [2.75, 3.05) is 13.1 Å². The molecule has 0 saturated heterocycles. The van der Waals surface area contributed by atoms with E-state index in [0.29, 0.717) is 5.56 Å². The van der Waals surface area contributed by atoms with Crippen LogP contribution in [0.15, 0.2) is 24.3 Å². The molecule has 18 heavy (non-hydrogen) atoms. The molecule has 1 aromatic carbocycles. The van der Waals surface area contributed by atoms with Crippen LogP contribution in [0.2, 0.25) is 0 Å². The molecule has 0 heterocycles. The van der Waals surface area contributed by atoms with Gasteiger partial charge in [0.2, 0.25) is 5.91 Å². The van der Waals surface area contributed by atoms with Crippen molar-refractivity contribution in [2.45, 2.75) is 6.42 Å². The van der Waals surface area contributed by atoms with Crippen molar-refractivity contribution in [3.63, 3.8) is 0 Å². The summed E-state index contributed by atoms with van der Waals surface area (Å²) >= 11 is 0. The van der Waals surface area contributed by atoms with Crippen molar-refractivity contribution in [1.82, 2.24) is 10.6 Å². The average Bonchev–Trinajstić information content (AvgIpc) is 2.35. The summed E-state index contributed by atoms with van der Waals surface area (Å²) in [5.74, 6) is -1.13. The van der Waals surface area contributed by atoms with E-state index in [-0.39, 0.29) is 31.3 Å². The number of nitriles is 1. The summed E-state index contributed by atoms with van der Waals surface area (Å²) in [6.07, 6.45) is -0.202. The molecular weight excluding hydrogens is 237 g/mol. The monoisotopic (exact) mass is 249 g/mol. The van der Waals surface area contributed by atoms with Crippen molar-refractivity contribution < 1.29 is 14.0 Å². The van der Waals surface area contributed by atoms with Crippen molar-refractivity contribution in [3.05, 3.63) is 35.6 Å². The minimum Gasteiger partial charge on any atom is -0.353 e. The van der Waals surface area contributed by atoms with E-state index >= 15 is 0 Å². The number of hydrogen-bond acceptors (Lipinski definition) is 3. The summed E-state index contributed by atoms with van der Waals surface area (Å²) in [4.78, 5) is 22.4. The fraction of sp³-hybridized carbons (Fsp3) is 0.250. The van der Waals surface area contributed by atoms with Crippen LogP contribution in [-0.4, -0.2) is 24.9 Å². The van der Waals surface area contributed by atoms with Gasteiger partial charge in [-0.25, -0.2) is 4.39 Å². The second kappa shape index (κ2) is 7.01. The lowest BCUT2D eigenvalue weighted by Crippen LogP contribution is -2.34. The van der Waals surface area contributed by atoms with Gasteiger partial charge in [0.25, 0.3) is 5.91 Å². The molecule has 0 aliphatic heterocycles. The van der Waals surface area contributed by atoms with Gasteiger partial charge in [-0.05, 0) is 24.3 Å². The second-order valence-electron chi connectivity index (χ2n) is 3.45. The molecule has 0 radical (unpaired) electrons. The van der Waals surface area contributed by atoms with Crippen LogP contribution < -0.4 is 10.6 Å². The molecule has 0 fully saturated rings. The molecular formula is C12H12FN3O2. The SMILES string of the molecule is N#CCC(=O)NCCNC(=O)c1ccc(F)cc1. The number of amides is 2. The highest BCUT2D eigenvalue weighted by molar-refractivity contribution is 5.94. The molecule has 2 amide bonds. The normalized spacial score (nSPS) is 9.33. The van der Waals surface area contributed by atoms with E-state index < -0.39 is 5.82 Å². The van der Waals surface area contributed by atoms with Gasteiger partial charge >= 0.3 is 0 Å². The third kappa shape index (κ3) is 4.61. The van der Waals surface area contributed by atoms with Crippen molar-refractivity contribution in [3.8, 4) is 6.07 Å². The topological polar surface area (TPSA) is 82.0 Å². The second-order valence-corrected chi connectivity index (χ2v) is 3.45. The van der Waals surface area contributed by atoms with Gasteiger partial charge in [-0.3, -0.25) is 9.59 Å². The van der Waals surface area contributed by atoms with Gasteiger partial charge in [0.15, 0.2) is 0 Å². The average molecular weight is 249 g/mol. The zero-order valence-electron chi connectivity index (χ0n) is 9.57. The highest BCUT2D eigenvalue weighted by Gasteiger charge is 2.04. The van der Waals surface area contributed by atoms with Crippen LogP contribution in [0.1, 0.15) is 16.8 Å². The maximum atomic E-state index is 12.6. The smallest absolute Gasteiger partial charge is 0.251 e. The van der Waals surface area contributed by atoms with Gasteiger partial charge in [0.05, 0.1) is 6.07 Å². The minimum atomic E-state index is -0.407. The number of carbonyl (C=O) groups is 2. The van der Waals surface area contributed by atoms with Crippen LogP contribution >= 0.6 is 0 Å². The molecule has 94 valence electrons. The first-order chi connectivity index (χ1) is 8.63. The Balaban J connectivity index is 2.28. The molecule has 6 heteroatoms. The standard InChI is InChI=1S/C12H12FN3O2/c13-10-3-1-9(2-4-10)12(18)16-8-7-15-11(17)5-6-14/h1-4H,5,7-8H2,(H,15,17)(H,16,18). The van der Waals surface area contributed by atoms with E-state index in [1.54, 1.807) is 6.07 Å². The van der Waals surface area contributed by atoms with Crippen LogP contribution in [0.4, 0.5) is 4.39 Å². The molecule has 2 N–H and O–H groups in total. The quantitative estimate of drug-likeness (QED) is 0.749. The summed E-state index contributed by atoms with van der Waals surface area (Å²) in [7, 11) is 0. The van der Waals surface area contributed by atoms with Crippen molar-refractivity contribution in [1.29, 1.82) is 5.26 Å². The van der Waals surface area contributed by atoms with Crippen LogP contribution in [0.25, 0.3) is 0 Å². The summed E-state index contributed by atoms with van der Waals surface area (Å²) < 4.78 is 12.6. The first-order valence-corrected chi connectivity index (χ1v) is 5.31. The molecule has 0 aromatic heterocycles. The fourth-order valence-electron chi connectivity index (χ4n) is 1.22. The molecule has 5 nitrogen and oxygen atoms in total. The van der Waals surface area contributed by atoms with E-state index in [2.05, 4.69) is 10.6 Å². The summed E-state index contributed by atoms with van der Waals surface area (Å²) in [5.41, 5.74) is 0.347. The predicted octanol–water partition coefficient (Wildman–Crippen LogP) is 0.585. The Bertz CT molecular complexity index is 465. The van der Waals surface area contributed by atoms with Gasteiger partial charge in [-0.15, -0.1) is 0 Å². The summed E-state index contributed by atoms with van der Waals surface area (Å²) in [6, 6.07) is 6.86. The molecule has 0 unspecified atom stereocenters. The first-order valence-electron chi connectivity index (χ1n) is 5.31. The van der Waals surface area contributed by atoms with Gasteiger partial charge in [0, 0.05) is 18.7 Å². The van der Waals surface area contributed by atoms with Crippen LogP contribution in [0.5, 0.6) is 0 Å². The van der Waals surface area contributed by atoms with Crippen LogP contribution in [-0.2, 0) is 4.79 Å². The van der Waals surface area contributed by atoms with Gasteiger partial charge < -0.3 is 10.6 Å². The highest BCUT2D eigenvalue weighted by atomic mass is 19.1. The highest BCUT2D eigenvalue weighted by Crippen LogP contribution is 2.01. The Morgan fingerprint density at radius 2 is 1.78 bits per heavy atom. The Labute approximate surface area is 104 Å². The molecule has 0 aliphatic rings. The number of hydrogen-bond donors (Lipinski definition) is 2. The molecule has 0 atom stereocenters. The molecule has 0 bridgehead atoms. The minimum absolute atomic E-state index is 0.202. The number of nitrogens with one attached hydrogen (secondary N) is 2. The molecule has 1 rings (SSSR count). The first kappa shape index (κ1) is 13.6. The van der Waals surface area contributed by atoms with E-state index in [1.807, 2.05) is 0 Å². The molecule has 0 aliphatic carbocycles. The lowest BCUT2D eigenvalue weighted by Gasteiger charge is -2.05.